The van der Waals surface area contributed by atoms with Crippen LogP contribution in [0.2, 0.25) is 0 Å². The summed E-state index contributed by atoms with van der Waals surface area (Å²) in [5, 5.41) is 3.04. The fraction of sp³-hybridized carbons (Fsp3) is 0.391. The Kier molecular flexibility index (Phi) is 6.54. The minimum atomic E-state index is -0.0131. The number of hydrogen-bond acceptors (Lipinski definition) is 4. The van der Waals surface area contributed by atoms with Gasteiger partial charge in [-0.3, -0.25) is 14.5 Å². The Morgan fingerprint density at radius 1 is 0.966 bits per heavy atom. The van der Waals surface area contributed by atoms with Crippen LogP contribution in [0.4, 0.5) is 11.4 Å². The zero-order valence-corrected chi connectivity index (χ0v) is 17.7. The summed E-state index contributed by atoms with van der Waals surface area (Å²) < 4.78 is 0. The average molecular weight is 395 g/mol. The summed E-state index contributed by atoms with van der Waals surface area (Å²) in [5.74, 6) is 0.0363. The van der Waals surface area contributed by atoms with Gasteiger partial charge in [0.05, 0.1) is 6.54 Å². The summed E-state index contributed by atoms with van der Waals surface area (Å²) in [7, 11) is 3.93. The van der Waals surface area contributed by atoms with Crippen molar-refractivity contribution in [3.8, 4) is 0 Å². The molecule has 0 spiro atoms. The Bertz CT molecular complexity index is 866. The molecule has 0 aliphatic carbocycles. The highest BCUT2D eigenvalue weighted by atomic mass is 16.2. The normalized spacial score (nSPS) is 14.6. The van der Waals surface area contributed by atoms with Gasteiger partial charge in [0.2, 0.25) is 5.91 Å². The van der Waals surface area contributed by atoms with Gasteiger partial charge in [0.1, 0.15) is 0 Å². The zero-order valence-electron chi connectivity index (χ0n) is 17.7. The summed E-state index contributed by atoms with van der Waals surface area (Å²) in [6.07, 6.45) is 0. The quantitative estimate of drug-likeness (QED) is 0.847. The molecule has 1 N–H and O–H groups in total. The summed E-state index contributed by atoms with van der Waals surface area (Å²) in [4.78, 5) is 31.3. The first-order valence-electron chi connectivity index (χ1n) is 10.00. The first-order chi connectivity index (χ1) is 13.8. The molecular formula is C23H30N4O2. The van der Waals surface area contributed by atoms with E-state index in [2.05, 4.69) is 10.2 Å². The number of carbonyl (C=O) groups is 2. The lowest BCUT2D eigenvalue weighted by Crippen LogP contribution is -2.50. The van der Waals surface area contributed by atoms with Crippen LogP contribution in [0.15, 0.2) is 42.5 Å². The standard InChI is InChI=1S/C23H30N4O2/c1-17-7-5-8-18(2)22(17)24-21(28)16-26-11-13-27(14-12-26)23(29)19-9-6-10-20(15-19)25(3)4/h5-10,15H,11-14,16H2,1-4H3,(H,24,28). The topological polar surface area (TPSA) is 55.9 Å². The number of aryl methyl sites for hydroxylation is 2. The second-order valence-corrected chi connectivity index (χ2v) is 7.83. The van der Waals surface area contributed by atoms with Crippen LogP contribution in [0.1, 0.15) is 21.5 Å². The Morgan fingerprint density at radius 3 is 2.21 bits per heavy atom. The molecule has 0 atom stereocenters. The van der Waals surface area contributed by atoms with Crippen LogP contribution >= 0.6 is 0 Å². The molecule has 3 rings (SSSR count). The number of anilines is 2. The van der Waals surface area contributed by atoms with Crippen molar-refractivity contribution < 1.29 is 9.59 Å². The smallest absolute Gasteiger partial charge is 0.254 e. The van der Waals surface area contributed by atoms with E-state index in [1.807, 2.05) is 80.2 Å². The fourth-order valence-electron chi connectivity index (χ4n) is 3.60. The number of rotatable bonds is 5. The molecule has 0 saturated carbocycles. The van der Waals surface area contributed by atoms with E-state index >= 15 is 0 Å². The number of nitrogens with zero attached hydrogens (tertiary/aromatic N) is 3. The molecule has 6 heteroatoms. The molecule has 154 valence electrons. The van der Waals surface area contributed by atoms with E-state index in [-0.39, 0.29) is 11.8 Å². The molecular weight excluding hydrogens is 364 g/mol. The molecule has 0 aromatic heterocycles. The number of benzene rings is 2. The van der Waals surface area contributed by atoms with E-state index in [0.717, 1.165) is 22.5 Å². The molecule has 29 heavy (non-hydrogen) atoms. The van der Waals surface area contributed by atoms with E-state index in [1.165, 1.54) is 0 Å². The maximum absolute atomic E-state index is 12.8. The van der Waals surface area contributed by atoms with Crippen LogP contribution in [0.25, 0.3) is 0 Å². The maximum Gasteiger partial charge on any atom is 0.254 e. The van der Waals surface area contributed by atoms with Crippen LogP contribution in [-0.2, 0) is 4.79 Å². The largest absolute Gasteiger partial charge is 0.378 e. The van der Waals surface area contributed by atoms with E-state index < -0.39 is 0 Å². The highest BCUT2D eigenvalue weighted by Crippen LogP contribution is 2.20. The average Bonchev–Trinajstić information content (AvgIpc) is 2.71. The molecule has 1 aliphatic heterocycles. The molecule has 1 saturated heterocycles. The molecule has 0 unspecified atom stereocenters. The van der Waals surface area contributed by atoms with Crippen molar-refractivity contribution in [2.24, 2.45) is 0 Å². The predicted octanol–water partition coefficient (Wildman–Crippen LogP) is 2.77. The van der Waals surface area contributed by atoms with Gasteiger partial charge >= 0.3 is 0 Å². The Labute approximate surface area is 173 Å². The van der Waals surface area contributed by atoms with Crippen molar-refractivity contribution in [1.82, 2.24) is 9.80 Å². The number of carbonyl (C=O) groups excluding carboxylic acids is 2. The molecule has 2 aromatic carbocycles. The molecule has 0 radical (unpaired) electrons. The van der Waals surface area contributed by atoms with Crippen LogP contribution in [-0.4, -0.2) is 68.4 Å². The molecule has 1 fully saturated rings. The van der Waals surface area contributed by atoms with Gasteiger partial charge in [0.25, 0.3) is 5.91 Å². The van der Waals surface area contributed by atoms with Crippen LogP contribution in [0.3, 0.4) is 0 Å². The van der Waals surface area contributed by atoms with Crippen molar-refractivity contribution in [3.05, 3.63) is 59.2 Å². The number of para-hydroxylation sites is 1. The molecule has 1 heterocycles. The SMILES string of the molecule is Cc1cccc(C)c1NC(=O)CN1CCN(C(=O)c2cccc(N(C)C)c2)CC1. The van der Waals surface area contributed by atoms with Gasteiger partial charge in [-0.25, -0.2) is 0 Å². The third kappa shape index (κ3) is 5.15. The van der Waals surface area contributed by atoms with Gasteiger partial charge in [-0.15, -0.1) is 0 Å². The first-order valence-corrected chi connectivity index (χ1v) is 10.00. The Morgan fingerprint density at radius 2 is 1.59 bits per heavy atom. The Hall–Kier alpha value is -2.86. The van der Waals surface area contributed by atoms with Crippen molar-refractivity contribution in [2.45, 2.75) is 13.8 Å². The second-order valence-electron chi connectivity index (χ2n) is 7.83. The fourth-order valence-corrected chi connectivity index (χ4v) is 3.60. The highest BCUT2D eigenvalue weighted by Gasteiger charge is 2.23. The predicted molar refractivity (Wildman–Crippen MR) is 118 cm³/mol. The summed E-state index contributed by atoms with van der Waals surface area (Å²) in [6, 6.07) is 13.7. The van der Waals surface area contributed by atoms with Gasteiger partial charge in [0.15, 0.2) is 0 Å². The zero-order chi connectivity index (χ0) is 21.0. The lowest BCUT2D eigenvalue weighted by molar-refractivity contribution is -0.117. The lowest BCUT2D eigenvalue weighted by Gasteiger charge is -2.34. The molecule has 2 amide bonds. The van der Waals surface area contributed by atoms with Gasteiger partial charge in [-0.1, -0.05) is 24.3 Å². The number of amides is 2. The van der Waals surface area contributed by atoms with Crippen molar-refractivity contribution in [1.29, 1.82) is 0 Å². The van der Waals surface area contributed by atoms with E-state index in [9.17, 15) is 9.59 Å². The number of piperazine rings is 1. The van der Waals surface area contributed by atoms with Crippen molar-refractivity contribution in [3.63, 3.8) is 0 Å². The van der Waals surface area contributed by atoms with Crippen LogP contribution in [0, 0.1) is 13.8 Å². The molecule has 0 bridgehead atoms. The molecule has 2 aromatic rings. The van der Waals surface area contributed by atoms with E-state index in [0.29, 0.717) is 38.3 Å². The van der Waals surface area contributed by atoms with Gasteiger partial charge < -0.3 is 15.1 Å². The first kappa shape index (κ1) is 20.9. The van der Waals surface area contributed by atoms with E-state index in [1.54, 1.807) is 0 Å². The Balaban J connectivity index is 1.53. The number of hydrogen-bond donors (Lipinski definition) is 1. The van der Waals surface area contributed by atoms with Crippen LogP contribution in [0.5, 0.6) is 0 Å². The van der Waals surface area contributed by atoms with Gasteiger partial charge in [-0.2, -0.15) is 0 Å². The summed E-state index contributed by atoms with van der Waals surface area (Å²) in [6.45, 7) is 6.98. The number of nitrogens with one attached hydrogen (secondary N) is 1. The lowest BCUT2D eigenvalue weighted by atomic mass is 10.1. The summed E-state index contributed by atoms with van der Waals surface area (Å²) >= 11 is 0. The monoisotopic (exact) mass is 394 g/mol. The van der Waals surface area contributed by atoms with E-state index in [4.69, 9.17) is 0 Å². The highest BCUT2D eigenvalue weighted by molar-refractivity contribution is 5.95. The van der Waals surface area contributed by atoms with Gasteiger partial charge in [0, 0.05) is 57.2 Å². The molecule has 6 nitrogen and oxygen atoms in total. The van der Waals surface area contributed by atoms with Crippen molar-refractivity contribution in [2.75, 3.05) is 57.0 Å². The third-order valence-corrected chi connectivity index (χ3v) is 5.38. The maximum atomic E-state index is 12.8. The second kappa shape index (κ2) is 9.09. The van der Waals surface area contributed by atoms with Crippen LogP contribution < -0.4 is 10.2 Å². The molecule has 1 aliphatic rings. The summed E-state index contributed by atoms with van der Waals surface area (Å²) in [5.41, 5.74) is 4.74. The van der Waals surface area contributed by atoms with Crippen molar-refractivity contribution >= 4 is 23.2 Å². The van der Waals surface area contributed by atoms with Gasteiger partial charge in [-0.05, 0) is 43.2 Å². The third-order valence-electron chi connectivity index (χ3n) is 5.38. The minimum absolute atomic E-state index is 0.0131. The minimum Gasteiger partial charge on any atom is -0.378 e.